The average Bonchev–Trinajstić information content (AvgIpc) is 2.10. The Bertz CT molecular complexity index is 366. The number of nitrogens with one attached hydrogen (secondary N) is 1. The molecular weight excluding hydrogens is 197 g/mol. The topological polar surface area (TPSA) is 58.4 Å². The summed E-state index contributed by atoms with van der Waals surface area (Å²) in [4.78, 5) is 13.0. The van der Waals surface area contributed by atoms with Gasteiger partial charge < -0.3 is 16.0 Å². The molecule has 5 heteroatoms. The molecule has 0 bridgehead atoms. The molecule has 1 amide bonds. The van der Waals surface area contributed by atoms with Crippen molar-refractivity contribution in [1.82, 2.24) is 4.90 Å². The summed E-state index contributed by atoms with van der Waals surface area (Å²) in [5, 5.41) is 2.45. The second-order valence-electron chi connectivity index (χ2n) is 3.53. The van der Waals surface area contributed by atoms with Crippen molar-refractivity contribution in [2.75, 3.05) is 31.7 Å². The molecule has 0 aliphatic rings. The number of benzene rings is 1. The van der Waals surface area contributed by atoms with E-state index < -0.39 is 5.82 Å². The lowest BCUT2D eigenvalue weighted by molar-refractivity contribution is -0.116. The third-order valence-corrected chi connectivity index (χ3v) is 1.72. The quantitative estimate of drug-likeness (QED) is 0.730. The fourth-order valence-electron chi connectivity index (χ4n) is 1.12. The van der Waals surface area contributed by atoms with Gasteiger partial charge in [0.25, 0.3) is 0 Å². The molecule has 0 fully saturated rings. The van der Waals surface area contributed by atoms with Crippen LogP contribution in [0.5, 0.6) is 0 Å². The zero-order chi connectivity index (χ0) is 11.4. The van der Waals surface area contributed by atoms with Crippen LogP contribution in [0.1, 0.15) is 0 Å². The second-order valence-corrected chi connectivity index (χ2v) is 3.53. The van der Waals surface area contributed by atoms with Gasteiger partial charge in [-0.25, -0.2) is 4.39 Å². The molecule has 0 saturated carbocycles. The highest BCUT2D eigenvalue weighted by Crippen LogP contribution is 2.17. The minimum Gasteiger partial charge on any atom is -0.399 e. The molecule has 0 atom stereocenters. The van der Waals surface area contributed by atoms with E-state index in [4.69, 9.17) is 5.73 Å². The molecule has 82 valence electrons. The SMILES string of the molecule is CN(C)CC(=O)Nc1cc(N)ccc1F. The molecular formula is C10H14FN3O. The highest BCUT2D eigenvalue weighted by molar-refractivity contribution is 5.92. The van der Waals surface area contributed by atoms with Crippen molar-refractivity contribution >= 4 is 17.3 Å². The van der Waals surface area contributed by atoms with E-state index in [2.05, 4.69) is 5.32 Å². The van der Waals surface area contributed by atoms with Crippen molar-refractivity contribution in [3.05, 3.63) is 24.0 Å². The summed E-state index contributed by atoms with van der Waals surface area (Å²) in [6.45, 7) is 0.203. The first-order chi connectivity index (χ1) is 6.99. The number of carbonyl (C=O) groups is 1. The van der Waals surface area contributed by atoms with Crippen LogP contribution < -0.4 is 11.1 Å². The lowest BCUT2D eigenvalue weighted by Gasteiger charge is -2.10. The number of likely N-dealkylation sites (N-methyl/N-ethyl adjacent to an activating group) is 1. The highest BCUT2D eigenvalue weighted by Gasteiger charge is 2.07. The molecule has 1 rings (SSSR count). The number of nitrogens with zero attached hydrogens (tertiary/aromatic N) is 1. The van der Waals surface area contributed by atoms with Crippen molar-refractivity contribution < 1.29 is 9.18 Å². The van der Waals surface area contributed by atoms with Gasteiger partial charge in [0, 0.05) is 5.69 Å². The van der Waals surface area contributed by atoms with Crippen molar-refractivity contribution in [2.24, 2.45) is 0 Å². The molecule has 15 heavy (non-hydrogen) atoms. The summed E-state index contributed by atoms with van der Waals surface area (Å²) in [6.07, 6.45) is 0. The summed E-state index contributed by atoms with van der Waals surface area (Å²) in [7, 11) is 3.52. The number of nitrogens with two attached hydrogens (primary N) is 1. The number of nitrogen functional groups attached to an aromatic ring is 1. The standard InChI is InChI=1S/C10H14FN3O/c1-14(2)6-10(15)13-9-5-7(12)3-4-8(9)11/h3-5H,6,12H2,1-2H3,(H,13,15). The molecule has 1 aromatic rings. The van der Waals surface area contributed by atoms with Crippen LogP contribution in [-0.2, 0) is 4.79 Å². The number of amides is 1. The molecule has 0 saturated heterocycles. The molecule has 1 aromatic carbocycles. The van der Waals surface area contributed by atoms with Gasteiger partial charge in [-0.2, -0.15) is 0 Å². The minimum absolute atomic E-state index is 0.113. The fraction of sp³-hybridized carbons (Fsp3) is 0.300. The van der Waals surface area contributed by atoms with Gasteiger partial charge >= 0.3 is 0 Å². The number of halogens is 1. The van der Waals surface area contributed by atoms with E-state index in [1.54, 1.807) is 19.0 Å². The zero-order valence-electron chi connectivity index (χ0n) is 8.75. The lowest BCUT2D eigenvalue weighted by Crippen LogP contribution is -2.27. The average molecular weight is 211 g/mol. The van der Waals surface area contributed by atoms with Crippen LogP contribution in [0.25, 0.3) is 0 Å². The van der Waals surface area contributed by atoms with Crippen molar-refractivity contribution in [3.8, 4) is 0 Å². The minimum atomic E-state index is -0.490. The first-order valence-electron chi connectivity index (χ1n) is 4.48. The Morgan fingerprint density at radius 3 is 2.80 bits per heavy atom. The van der Waals surface area contributed by atoms with E-state index in [0.717, 1.165) is 0 Å². The first-order valence-corrected chi connectivity index (χ1v) is 4.48. The van der Waals surface area contributed by atoms with E-state index >= 15 is 0 Å². The van der Waals surface area contributed by atoms with Crippen LogP contribution in [-0.4, -0.2) is 31.4 Å². The maximum Gasteiger partial charge on any atom is 0.238 e. The van der Waals surface area contributed by atoms with Gasteiger partial charge in [0.05, 0.1) is 12.2 Å². The maximum atomic E-state index is 13.2. The molecule has 3 N–H and O–H groups in total. The van der Waals surface area contributed by atoms with Gasteiger partial charge in [-0.3, -0.25) is 4.79 Å². The predicted molar refractivity (Wildman–Crippen MR) is 58.0 cm³/mol. The van der Waals surface area contributed by atoms with E-state index in [1.807, 2.05) is 0 Å². The number of hydrogen-bond donors (Lipinski definition) is 2. The Kier molecular flexibility index (Phi) is 3.62. The predicted octanol–water partition coefficient (Wildman–Crippen LogP) is 0.908. The van der Waals surface area contributed by atoms with Crippen LogP contribution in [0.2, 0.25) is 0 Å². The first kappa shape index (κ1) is 11.5. The van der Waals surface area contributed by atoms with Crippen molar-refractivity contribution in [1.29, 1.82) is 0 Å². The van der Waals surface area contributed by atoms with Crippen LogP contribution in [0.4, 0.5) is 15.8 Å². The Morgan fingerprint density at radius 1 is 1.53 bits per heavy atom. The third-order valence-electron chi connectivity index (χ3n) is 1.72. The number of rotatable bonds is 3. The molecule has 0 aliphatic heterocycles. The third kappa shape index (κ3) is 3.55. The monoisotopic (exact) mass is 211 g/mol. The van der Waals surface area contributed by atoms with Crippen LogP contribution >= 0.6 is 0 Å². The highest BCUT2D eigenvalue weighted by atomic mass is 19.1. The molecule has 0 aromatic heterocycles. The summed E-state index contributed by atoms with van der Waals surface area (Å²) in [5.74, 6) is -0.763. The summed E-state index contributed by atoms with van der Waals surface area (Å²) >= 11 is 0. The maximum absolute atomic E-state index is 13.2. The largest absolute Gasteiger partial charge is 0.399 e. The molecule has 0 unspecified atom stereocenters. The van der Waals surface area contributed by atoms with Gasteiger partial charge in [-0.1, -0.05) is 0 Å². The normalized spacial score (nSPS) is 10.4. The Balaban J connectivity index is 2.71. The van der Waals surface area contributed by atoms with Gasteiger partial charge in [-0.15, -0.1) is 0 Å². The molecule has 0 aliphatic carbocycles. The molecule has 0 radical (unpaired) electrons. The Morgan fingerprint density at radius 2 is 2.20 bits per heavy atom. The second kappa shape index (κ2) is 4.75. The van der Waals surface area contributed by atoms with Crippen molar-refractivity contribution in [2.45, 2.75) is 0 Å². The van der Waals surface area contributed by atoms with Crippen LogP contribution in [0, 0.1) is 5.82 Å². The number of carbonyl (C=O) groups excluding carboxylic acids is 1. The van der Waals surface area contributed by atoms with Crippen LogP contribution in [0.15, 0.2) is 18.2 Å². The smallest absolute Gasteiger partial charge is 0.238 e. The van der Waals surface area contributed by atoms with Gasteiger partial charge in [-0.05, 0) is 32.3 Å². The lowest BCUT2D eigenvalue weighted by atomic mass is 10.2. The molecule has 0 spiro atoms. The number of hydrogen-bond acceptors (Lipinski definition) is 3. The number of anilines is 2. The summed E-state index contributed by atoms with van der Waals surface area (Å²) in [6, 6.07) is 4.06. The van der Waals surface area contributed by atoms with Gasteiger partial charge in [0.1, 0.15) is 5.82 Å². The van der Waals surface area contributed by atoms with E-state index in [-0.39, 0.29) is 18.1 Å². The summed E-state index contributed by atoms with van der Waals surface area (Å²) in [5.41, 5.74) is 6.00. The molecule has 0 heterocycles. The van der Waals surface area contributed by atoms with Gasteiger partial charge in [0.2, 0.25) is 5.91 Å². The van der Waals surface area contributed by atoms with E-state index in [1.165, 1.54) is 18.2 Å². The van der Waals surface area contributed by atoms with Crippen LogP contribution in [0.3, 0.4) is 0 Å². The Labute approximate surface area is 87.9 Å². The Hall–Kier alpha value is -1.62. The fourth-order valence-corrected chi connectivity index (χ4v) is 1.12. The van der Waals surface area contributed by atoms with Crippen molar-refractivity contribution in [3.63, 3.8) is 0 Å². The van der Waals surface area contributed by atoms with E-state index in [9.17, 15) is 9.18 Å². The zero-order valence-corrected chi connectivity index (χ0v) is 8.75. The van der Waals surface area contributed by atoms with E-state index in [0.29, 0.717) is 5.69 Å². The molecule has 4 nitrogen and oxygen atoms in total. The van der Waals surface area contributed by atoms with Gasteiger partial charge in [0.15, 0.2) is 0 Å². The summed E-state index contributed by atoms with van der Waals surface area (Å²) < 4.78 is 13.2.